The minimum absolute atomic E-state index is 0.00665. The van der Waals surface area contributed by atoms with E-state index >= 15 is 0 Å². The van der Waals surface area contributed by atoms with Gasteiger partial charge in [0, 0.05) is 12.7 Å². The maximum absolute atomic E-state index is 11.2. The third-order valence-electron chi connectivity index (χ3n) is 1.93. The number of benzene rings is 1. The monoisotopic (exact) mass is 195 g/mol. The fourth-order valence-corrected chi connectivity index (χ4v) is 1.23. The van der Waals surface area contributed by atoms with Gasteiger partial charge in [-0.15, -0.1) is 0 Å². The number of aryl methyl sites for hydroxylation is 1. The van der Waals surface area contributed by atoms with Gasteiger partial charge in [0.2, 0.25) is 5.91 Å². The van der Waals surface area contributed by atoms with Crippen LogP contribution in [-0.4, -0.2) is 18.7 Å². The van der Waals surface area contributed by atoms with Crippen molar-refractivity contribution < 1.29 is 4.79 Å². The Bertz CT molecular complexity index is 294. The molecule has 1 aromatic rings. The number of amides is 1. The highest BCUT2D eigenvalue weighted by atomic mass is 32.1. The second kappa shape index (κ2) is 4.33. The second-order valence-corrected chi connectivity index (χ2v) is 3.26. The molecule has 0 N–H and O–H groups in total. The van der Waals surface area contributed by atoms with Crippen molar-refractivity contribution >= 4 is 24.2 Å². The van der Waals surface area contributed by atoms with Gasteiger partial charge in [-0.05, 0) is 19.1 Å². The number of anilines is 1. The van der Waals surface area contributed by atoms with Crippen LogP contribution in [0.3, 0.4) is 0 Å². The van der Waals surface area contributed by atoms with Crippen LogP contribution in [0.25, 0.3) is 0 Å². The topological polar surface area (TPSA) is 20.3 Å². The van der Waals surface area contributed by atoms with E-state index in [2.05, 4.69) is 12.6 Å². The van der Waals surface area contributed by atoms with E-state index in [1.807, 2.05) is 31.2 Å². The van der Waals surface area contributed by atoms with Gasteiger partial charge in [-0.3, -0.25) is 4.79 Å². The summed E-state index contributed by atoms with van der Waals surface area (Å²) in [5, 5.41) is 0. The van der Waals surface area contributed by atoms with Crippen LogP contribution in [0.15, 0.2) is 24.3 Å². The van der Waals surface area contributed by atoms with Crippen LogP contribution >= 0.6 is 12.6 Å². The average molecular weight is 195 g/mol. The van der Waals surface area contributed by atoms with Gasteiger partial charge in [0.15, 0.2) is 0 Å². The van der Waals surface area contributed by atoms with Crippen LogP contribution in [-0.2, 0) is 4.79 Å². The molecule has 0 fully saturated rings. The molecule has 0 bridgehead atoms. The standard InChI is InChI=1S/C10H13NOS/c1-8-3-5-9(6-4-8)11(2)10(12)7-13/h3-6,13H,7H2,1-2H3. The average Bonchev–Trinajstić information content (AvgIpc) is 2.17. The second-order valence-electron chi connectivity index (χ2n) is 2.95. The Morgan fingerprint density at radius 1 is 1.38 bits per heavy atom. The number of thiol groups is 1. The number of hydrogen-bond donors (Lipinski definition) is 1. The Hall–Kier alpha value is -0.960. The quantitative estimate of drug-likeness (QED) is 0.714. The zero-order valence-corrected chi connectivity index (χ0v) is 8.71. The summed E-state index contributed by atoms with van der Waals surface area (Å²) in [7, 11) is 1.75. The van der Waals surface area contributed by atoms with Gasteiger partial charge >= 0.3 is 0 Å². The first kappa shape index (κ1) is 10.1. The lowest BCUT2D eigenvalue weighted by Gasteiger charge is -2.15. The number of carbonyl (C=O) groups excluding carboxylic acids is 1. The van der Waals surface area contributed by atoms with Crippen molar-refractivity contribution in [2.24, 2.45) is 0 Å². The fourth-order valence-electron chi connectivity index (χ4n) is 1.02. The van der Waals surface area contributed by atoms with Crippen molar-refractivity contribution in [1.29, 1.82) is 0 Å². The van der Waals surface area contributed by atoms with Gasteiger partial charge in [0.1, 0.15) is 0 Å². The predicted molar refractivity (Wildman–Crippen MR) is 58.4 cm³/mol. The van der Waals surface area contributed by atoms with Gasteiger partial charge in [-0.25, -0.2) is 0 Å². The maximum atomic E-state index is 11.2. The number of nitrogens with zero attached hydrogens (tertiary/aromatic N) is 1. The predicted octanol–water partition coefficient (Wildman–Crippen LogP) is 1.89. The lowest BCUT2D eigenvalue weighted by molar-refractivity contribution is -0.115. The van der Waals surface area contributed by atoms with Crippen LogP contribution in [0.1, 0.15) is 5.56 Å². The van der Waals surface area contributed by atoms with E-state index in [1.165, 1.54) is 5.56 Å². The molecule has 3 heteroatoms. The van der Waals surface area contributed by atoms with E-state index in [0.29, 0.717) is 0 Å². The number of hydrogen-bond acceptors (Lipinski definition) is 2. The first-order valence-corrected chi connectivity index (χ1v) is 4.72. The Labute approximate surface area is 84.0 Å². The highest BCUT2D eigenvalue weighted by Crippen LogP contribution is 2.13. The molecule has 13 heavy (non-hydrogen) atoms. The summed E-state index contributed by atoms with van der Waals surface area (Å²) in [5.41, 5.74) is 2.10. The summed E-state index contributed by atoms with van der Waals surface area (Å²) in [4.78, 5) is 12.9. The summed E-state index contributed by atoms with van der Waals surface area (Å²) >= 11 is 3.93. The summed E-state index contributed by atoms with van der Waals surface area (Å²) in [6, 6.07) is 7.82. The molecular formula is C10H13NOS. The molecule has 0 unspecified atom stereocenters. The van der Waals surface area contributed by atoms with Crippen LogP contribution in [0.2, 0.25) is 0 Å². The van der Waals surface area contributed by atoms with E-state index < -0.39 is 0 Å². The summed E-state index contributed by atoms with van der Waals surface area (Å²) in [6.07, 6.45) is 0. The number of rotatable bonds is 2. The lowest BCUT2D eigenvalue weighted by Crippen LogP contribution is -2.27. The van der Waals surface area contributed by atoms with Crippen LogP contribution in [0.5, 0.6) is 0 Å². The van der Waals surface area contributed by atoms with E-state index in [-0.39, 0.29) is 11.7 Å². The Morgan fingerprint density at radius 3 is 2.38 bits per heavy atom. The third kappa shape index (κ3) is 2.49. The van der Waals surface area contributed by atoms with Crippen LogP contribution in [0, 0.1) is 6.92 Å². The molecular weight excluding hydrogens is 182 g/mol. The summed E-state index contributed by atoms with van der Waals surface area (Å²) in [6.45, 7) is 2.02. The Balaban J connectivity index is 2.83. The summed E-state index contributed by atoms with van der Waals surface area (Å²) in [5.74, 6) is 0.247. The normalized spacial score (nSPS) is 9.77. The fraction of sp³-hybridized carbons (Fsp3) is 0.300. The van der Waals surface area contributed by atoms with E-state index in [0.717, 1.165) is 5.69 Å². The smallest absolute Gasteiger partial charge is 0.236 e. The van der Waals surface area contributed by atoms with Gasteiger partial charge in [0.05, 0.1) is 5.75 Å². The highest BCUT2D eigenvalue weighted by molar-refractivity contribution is 7.81. The molecule has 1 amide bonds. The van der Waals surface area contributed by atoms with Gasteiger partial charge in [0.25, 0.3) is 0 Å². The molecule has 0 atom stereocenters. The van der Waals surface area contributed by atoms with Crippen molar-refractivity contribution in [3.8, 4) is 0 Å². The van der Waals surface area contributed by atoms with Crippen molar-refractivity contribution in [2.75, 3.05) is 17.7 Å². The van der Waals surface area contributed by atoms with E-state index in [4.69, 9.17) is 0 Å². The first-order chi connectivity index (χ1) is 6.15. The molecule has 2 nitrogen and oxygen atoms in total. The highest BCUT2D eigenvalue weighted by Gasteiger charge is 2.07. The molecule has 0 saturated carbocycles. The molecule has 0 aliphatic heterocycles. The minimum atomic E-state index is 0.00665. The molecule has 0 aromatic heterocycles. The Morgan fingerprint density at radius 2 is 1.92 bits per heavy atom. The van der Waals surface area contributed by atoms with Gasteiger partial charge < -0.3 is 4.90 Å². The van der Waals surface area contributed by atoms with Crippen LogP contribution in [0.4, 0.5) is 5.69 Å². The maximum Gasteiger partial charge on any atom is 0.236 e. The molecule has 0 saturated heterocycles. The minimum Gasteiger partial charge on any atom is -0.315 e. The number of carbonyl (C=O) groups is 1. The SMILES string of the molecule is Cc1ccc(N(C)C(=O)CS)cc1. The molecule has 0 spiro atoms. The zero-order valence-electron chi connectivity index (χ0n) is 7.82. The lowest BCUT2D eigenvalue weighted by atomic mass is 10.2. The zero-order chi connectivity index (χ0) is 9.84. The van der Waals surface area contributed by atoms with E-state index in [1.54, 1.807) is 11.9 Å². The van der Waals surface area contributed by atoms with E-state index in [9.17, 15) is 4.79 Å². The third-order valence-corrected chi connectivity index (χ3v) is 2.20. The molecule has 70 valence electrons. The molecule has 1 rings (SSSR count). The van der Waals surface area contributed by atoms with Crippen molar-refractivity contribution in [1.82, 2.24) is 0 Å². The van der Waals surface area contributed by atoms with Gasteiger partial charge in [-0.2, -0.15) is 12.6 Å². The van der Waals surface area contributed by atoms with Crippen molar-refractivity contribution in [3.05, 3.63) is 29.8 Å². The van der Waals surface area contributed by atoms with Crippen molar-refractivity contribution in [3.63, 3.8) is 0 Å². The molecule has 0 aliphatic carbocycles. The molecule has 0 heterocycles. The summed E-state index contributed by atoms with van der Waals surface area (Å²) < 4.78 is 0. The van der Waals surface area contributed by atoms with Gasteiger partial charge in [-0.1, -0.05) is 17.7 Å². The Kier molecular flexibility index (Phi) is 3.37. The van der Waals surface area contributed by atoms with Crippen molar-refractivity contribution in [2.45, 2.75) is 6.92 Å². The van der Waals surface area contributed by atoms with Crippen LogP contribution < -0.4 is 4.90 Å². The largest absolute Gasteiger partial charge is 0.315 e. The first-order valence-electron chi connectivity index (χ1n) is 4.09. The molecule has 1 aromatic carbocycles. The molecule has 0 aliphatic rings. The molecule has 0 radical (unpaired) electrons.